The first-order valence-corrected chi connectivity index (χ1v) is 3.29. The molecule has 0 aliphatic heterocycles. The molecule has 0 atom stereocenters. The topological polar surface area (TPSA) is 9.23 Å². The normalized spacial score (nSPS) is 8.44. The van der Waals surface area contributed by atoms with E-state index < -0.39 is 0 Å². The fourth-order valence-corrected chi connectivity index (χ4v) is 1.14. The average molecular weight is 138 g/mol. The summed E-state index contributed by atoms with van der Waals surface area (Å²) in [5.41, 5.74) is 0. The van der Waals surface area contributed by atoms with Crippen molar-refractivity contribution in [2.24, 2.45) is 0 Å². The van der Waals surface area contributed by atoms with Crippen LogP contribution in [0, 0.1) is 12.3 Å². The van der Waals surface area contributed by atoms with Crippen LogP contribution in [0.4, 0.5) is 0 Å². The van der Waals surface area contributed by atoms with Gasteiger partial charge in [0.2, 0.25) is 0 Å². The first kappa shape index (κ1) is 6.18. The van der Waals surface area contributed by atoms with Crippen LogP contribution in [-0.2, 0) is 0 Å². The highest BCUT2D eigenvalue weighted by atomic mass is 32.1. The number of ether oxygens (including phenoxy) is 1. The molecule has 0 aromatic carbocycles. The zero-order valence-corrected chi connectivity index (χ0v) is 5.87. The standard InChI is InChI=1S/C7H6OS/c1-3-6-4-5-7(8-2)9-6/h1,4-5H,2H3. The zero-order chi connectivity index (χ0) is 6.69. The fraction of sp³-hybridized carbons (Fsp3) is 0.143. The third-order valence-corrected chi connectivity index (χ3v) is 1.90. The van der Waals surface area contributed by atoms with Gasteiger partial charge in [-0.1, -0.05) is 17.3 Å². The van der Waals surface area contributed by atoms with Crippen LogP contribution in [-0.4, -0.2) is 7.11 Å². The van der Waals surface area contributed by atoms with Crippen molar-refractivity contribution >= 4 is 11.3 Å². The van der Waals surface area contributed by atoms with Crippen LogP contribution in [0.5, 0.6) is 5.06 Å². The highest BCUT2D eigenvalue weighted by Crippen LogP contribution is 2.22. The Kier molecular flexibility index (Phi) is 1.76. The Labute approximate surface area is 58.3 Å². The van der Waals surface area contributed by atoms with Crippen molar-refractivity contribution in [1.29, 1.82) is 0 Å². The first-order chi connectivity index (χ1) is 4.36. The van der Waals surface area contributed by atoms with E-state index in [-0.39, 0.29) is 0 Å². The Morgan fingerprint density at radius 2 is 2.44 bits per heavy atom. The second kappa shape index (κ2) is 2.56. The molecule has 0 saturated carbocycles. The minimum Gasteiger partial charge on any atom is -0.487 e. The molecule has 1 rings (SSSR count). The summed E-state index contributed by atoms with van der Waals surface area (Å²) in [4.78, 5) is 0.909. The lowest BCUT2D eigenvalue weighted by Crippen LogP contribution is -1.73. The number of terminal acetylenes is 1. The molecule has 0 aliphatic carbocycles. The molecule has 0 spiro atoms. The van der Waals surface area contributed by atoms with Gasteiger partial charge in [-0.05, 0) is 12.1 Å². The minimum atomic E-state index is 0.864. The Bertz CT molecular complexity index is 231. The van der Waals surface area contributed by atoms with Crippen molar-refractivity contribution in [3.63, 3.8) is 0 Å². The predicted molar refractivity (Wildman–Crippen MR) is 38.8 cm³/mol. The summed E-state index contributed by atoms with van der Waals surface area (Å²) in [6.07, 6.45) is 5.12. The van der Waals surface area contributed by atoms with Crippen molar-refractivity contribution in [3.05, 3.63) is 17.0 Å². The number of thiophene rings is 1. The van der Waals surface area contributed by atoms with Gasteiger partial charge in [-0.2, -0.15) is 0 Å². The van der Waals surface area contributed by atoms with Crippen LogP contribution in [0.1, 0.15) is 4.88 Å². The van der Waals surface area contributed by atoms with Crippen LogP contribution < -0.4 is 4.74 Å². The molecular formula is C7H6OS. The lowest BCUT2D eigenvalue weighted by Gasteiger charge is -1.87. The van der Waals surface area contributed by atoms with Gasteiger partial charge in [0.25, 0.3) is 0 Å². The van der Waals surface area contributed by atoms with E-state index in [1.165, 1.54) is 11.3 Å². The van der Waals surface area contributed by atoms with Gasteiger partial charge in [0.15, 0.2) is 5.06 Å². The second-order valence-electron chi connectivity index (χ2n) is 1.47. The maximum atomic E-state index is 5.12. The molecule has 0 unspecified atom stereocenters. The van der Waals surface area contributed by atoms with Gasteiger partial charge in [-0.3, -0.25) is 0 Å². The predicted octanol–water partition coefficient (Wildman–Crippen LogP) is 1.74. The van der Waals surface area contributed by atoms with E-state index in [0.717, 1.165) is 9.94 Å². The summed E-state index contributed by atoms with van der Waals surface area (Å²) in [5.74, 6) is 2.52. The third kappa shape index (κ3) is 1.24. The fourth-order valence-electron chi connectivity index (χ4n) is 0.507. The van der Waals surface area contributed by atoms with Gasteiger partial charge in [0.1, 0.15) is 0 Å². The van der Waals surface area contributed by atoms with Gasteiger partial charge in [0, 0.05) is 0 Å². The summed E-state index contributed by atoms with van der Waals surface area (Å²) in [5, 5.41) is 0.864. The third-order valence-electron chi connectivity index (χ3n) is 0.925. The van der Waals surface area contributed by atoms with Crippen molar-refractivity contribution < 1.29 is 4.74 Å². The number of rotatable bonds is 1. The molecule has 0 fully saturated rings. The molecule has 0 amide bonds. The van der Waals surface area contributed by atoms with Gasteiger partial charge in [-0.25, -0.2) is 0 Å². The summed E-state index contributed by atoms with van der Waals surface area (Å²) < 4.78 is 4.92. The Hall–Kier alpha value is -0.940. The van der Waals surface area contributed by atoms with Crippen LogP contribution >= 0.6 is 11.3 Å². The molecule has 1 heterocycles. The molecule has 1 nitrogen and oxygen atoms in total. The maximum Gasteiger partial charge on any atom is 0.174 e. The maximum absolute atomic E-state index is 5.12. The molecule has 9 heavy (non-hydrogen) atoms. The molecule has 46 valence electrons. The Balaban J connectivity index is 2.90. The van der Waals surface area contributed by atoms with E-state index in [0.29, 0.717) is 0 Å². The number of methoxy groups -OCH3 is 1. The summed E-state index contributed by atoms with van der Waals surface area (Å²) >= 11 is 1.47. The van der Waals surface area contributed by atoms with Gasteiger partial charge < -0.3 is 4.74 Å². The van der Waals surface area contributed by atoms with Crippen LogP contribution in [0.25, 0.3) is 0 Å². The zero-order valence-electron chi connectivity index (χ0n) is 5.05. The van der Waals surface area contributed by atoms with Gasteiger partial charge >= 0.3 is 0 Å². The molecule has 0 radical (unpaired) electrons. The summed E-state index contributed by atoms with van der Waals surface area (Å²) in [6.45, 7) is 0. The molecule has 1 aromatic heterocycles. The van der Waals surface area contributed by atoms with Crippen LogP contribution in [0.3, 0.4) is 0 Å². The SMILES string of the molecule is C#Cc1ccc(OC)s1. The van der Waals surface area contributed by atoms with Crippen LogP contribution in [0.2, 0.25) is 0 Å². The van der Waals surface area contributed by atoms with E-state index in [1.807, 2.05) is 12.1 Å². The van der Waals surface area contributed by atoms with E-state index in [1.54, 1.807) is 7.11 Å². The second-order valence-corrected chi connectivity index (χ2v) is 2.51. The smallest absolute Gasteiger partial charge is 0.174 e. The molecule has 0 N–H and O–H groups in total. The Morgan fingerprint density at radius 1 is 1.67 bits per heavy atom. The average Bonchev–Trinajstić information content (AvgIpc) is 2.34. The van der Waals surface area contributed by atoms with Crippen molar-refractivity contribution in [1.82, 2.24) is 0 Å². The van der Waals surface area contributed by atoms with Crippen LogP contribution in [0.15, 0.2) is 12.1 Å². The molecule has 0 bridgehead atoms. The van der Waals surface area contributed by atoms with E-state index in [4.69, 9.17) is 11.2 Å². The summed E-state index contributed by atoms with van der Waals surface area (Å²) in [6, 6.07) is 3.73. The lowest BCUT2D eigenvalue weighted by atomic mass is 10.5. The van der Waals surface area contributed by atoms with Gasteiger partial charge in [-0.15, -0.1) is 6.42 Å². The first-order valence-electron chi connectivity index (χ1n) is 2.47. The highest BCUT2D eigenvalue weighted by Gasteiger charge is 1.93. The molecular weight excluding hydrogens is 132 g/mol. The quantitative estimate of drug-likeness (QED) is 0.537. The minimum absolute atomic E-state index is 0.864. The molecule has 0 saturated heterocycles. The lowest BCUT2D eigenvalue weighted by molar-refractivity contribution is 0.427. The number of hydrogen-bond acceptors (Lipinski definition) is 2. The van der Waals surface area contributed by atoms with Crippen molar-refractivity contribution in [2.45, 2.75) is 0 Å². The number of hydrogen-bond donors (Lipinski definition) is 0. The van der Waals surface area contributed by atoms with E-state index in [9.17, 15) is 0 Å². The highest BCUT2D eigenvalue weighted by molar-refractivity contribution is 7.14. The molecule has 2 heteroatoms. The van der Waals surface area contributed by atoms with E-state index >= 15 is 0 Å². The molecule has 0 aliphatic rings. The molecule has 1 aromatic rings. The van der Waals surface area contributed by atoms with Crippen molar-refractivity contribution in [2.75, 3.05) is 7.11 Å². The largest absolute Gasteiger partial charge is 0.487 e. The van der Waals surface area contributed by atoms with E-state index in [2.05, 4.69) is 5.92 Å². The Morgan fingerprint density at radius 3 is 2.78 bits per heavy atom. The monoisotopic (exact) mass is 138 g/mol. The summed E-state index contributed by atoms with van der Waals surface area (Å²) in [7, 11) is 1.63. The van der Waals surface area contributed by atoms with Gasteiger partial charge in [0.05, 0.1) is 12.0 Å². The van der Waals surface area contributed by atoms with Crippen molar-refractivity contribution in [3.8, 4) is 17.4 Å².